The molecule has 7 heteroatoms. The van der Waals surface area contributed by atoms with E-state index in [0.717, 1.165) is 0 Å². The highest BCUT2D eigenvalue weighted by atomic mass is 19.3. The first kappa shape index (κ1) is 12.5. The lowest BCUT2D eigenvalue weighted by Gasteiger charge is -2.17. The van der Waals surface area contributed by atoms with Crippen LogP contribution in [0.1, 0.15) is 17.3 Å². The van der Waals surface area contributed by atoms with Gasteiger partial charge in [0.2, 0.25) is 0 Å². The zero-order chi connectivity index (χ0) is 13.5. The fourth-order valence-electron chi connectivity index (χ4n) is 1.67. The van der Waals surface area contributed by atoms with Crippen molar-refractivity contribution >= 4 is 16.8 Å². The van der Waals surface area contributed by atoms with Gasteiger partial charge in [-0.25, -0.2) is 13.8 Å². The predicted octanol–water partition coefficient (Wildman–Crippen LogP) is 3.05. The van der Waals surface area contributed by atoms with Gasteiger partial charge in [0, 0.05) is 23.3 Å². The fourth-order valence-corrected chi connectivity index (χ4v) is 1.67. The second-order valence-electron chi connectivity index (χ2n) is 3.73. The van der Waals surface area contributed by atoms with Crippen LogP contribution >= 0.6 is 0 Å². The molecule has 0 aliphatic carbocycles. The zero-order valence-electron chi connectivity index (χ0n) is 9.20. The maximum absolute atomic E-state index is 13.3. The number of rotatable bonds is 3. The van der Waals surface area contributed by atoms with Crippen LogP contribution in [0.5, 0.6) is 0 Å². The molecule has 0 aliphatic rings. The van der Waals surface area contributed by atoms with Crippen LogP contribution in [-0.4, -0.2) is 21.8 Å². The lowest BCUT2D eigenvalue weighted by molar-refractivity contribution is -0.187. The van der Waals surface area contributed by atoms with Gasteiger partial charge in [0.1, 0.15) is 5.65 Å². The number of fused-ring (bicyclic) bond motifs is 1. The van der Waals surface area contributed by atoms with E-state index >= 15 is 0 Å². The van der Waals surface area contributed by atoms with Crippen LogP contribution in [0, 0.1) is 0 Å². The highest BCUT2D eigenvalue weighted by molar-refractivity contribution is 6.06. The Labute approximate surface area is 99.0 Å². The topological polar surface area (TPSA) is 34.9 Å². The molecule has 96 valence electrons. The van der Waals surface area contributed by atoms with Gasteiger partial charge in [-0.1, -0.05) is 0 Å². The van der Waals surface area contributed by atoms with E-state index in [-0.39, 0.29) is 21.2 Å². The van der Waals surface area contributed by atoms with Crippen LogP contribution in [0.15, 0.2) is 24.5 Å². The second kappa shape index (κ2) is 4.08. The molecule has 0 saturated carbocycles. The fraction of sp³-hybridized carbons (Fsp3) is 0.273. The quantitative estimate of drug-likeness (QED) is 0.628. The Morgan fingerprint density at radius 1 is 1.44 bits per heavy atom. The average molecular weight is 260 g/mol. The first-order valence-corrected chi connectivity index (χ1v) is 4.99. The number of ketones is 1. The summed E-state index contributed by atoms with van der Waals surface area (Å²) < 4.78 is 51.4. The summed E-state index contributed by atoms with van der Waals surface area (Å²) in [7, 11) is 0. The van der Waals surface area contributed by atoms with Gasteiger partial charge in [-0.3, -0.25) is 9.36 Å². The number of carbonyl (C=O) groups is 1. The Bertz CT molecular complexity index is 606. The third-order valence-corrected chi connectivity index (χ3v) is 2.53. The highest BCUT2D eigenvalue weighted by Crippen LogP contribution is 2.33. The number of alkyl halides is 4. The van der Waals surface area contributed by atoms with Gasteiger partial charge in [0.05, 0.1) is 0 Å². The SMILES string of the molecule is CC(=O)c1cn(C(F)(F)C(F)F)c2ncccc12. The molecule has 0 aromatic carbocycles. The van der Waals surface area contributed by atoms with Crippen molar-refractivity contribution in [1.29, 1.82) is 0 Å². The number of aromatic nitrogens is 2. The molecule has 2 heterocycles. The Balaban J connectivity index is 2.77. The Morgan fingerprint density at radius 3 is 2.67 bits per heavy atom. The van der Waals surface area contributed by atoms with Crippen molar-refractivity contribution in [1.82, 2.24) is 9.55 Å². The van der Waals surface area contributed by atoms with Gasteiger partial charge < -0.3 is 0 Å². The Hall–Kier alpha value is -1.92. The summed E-state index contributed by atoms with van der Waals surface area (Å²) >= 11 is 0. The molecule has 0 atom stereocenters. The molecular weight excluding hydrogens is 252 g/mol. The van der Waals surface area contributed by atoms with Crippen molar-refractivity contribution < 1.29 is 22.4 Å². The summed E-state index contributed by atoms with van der Waals surface area (Å²) in [5, 5.41) is 0.130. The molecule has 0 unspecified atom stereocenters. The minimum Gasteiger partial charge on any atom is -0.294 e. The third kappa shape index (κ3) is 1.75. The van der Waals surface area contributed by atoms with Gasteiger partial charge >= 0.3 is 12.5 Å². The first-order valence-electron chi connectivity index (χ1n) is 4.99. The van der Waals surface area contributed by atoms with E-state index in [4.69, 9.17) is 0 Å². The van der Waals surface area contributed by atoms with Gasteiger partial charge in [-0.05, 0) is 19.1 Å². The van der Waals surface area contributed by atoms with Crippen molar-refractivity contribution in [2.75, 3.05) is 0 Å². The lowest BCUT2D eigenvalue weighted by Crippen LogP contribution is -2.30. The average Bonchev–Trinajstić information content (AvgIpc) is 2.68. The van der Waals surface area contributed by atoms with Crippen LogP contribution in [0.3, 0.4) is 0 Å². The van der Waals surface area contributed by atoms with E-state index in [9.17, 15) is 22.4 Å². The van der Waals surface area contributed by atoms with Crippen molar-refractivity contribution in [3.05, 3.63) is 30.1 Å². The summed E-state index contributed by atoms with van der Waals surface area (Å²) in [6.07, 6.45) is -1.97. The van der Waals surface area contributed by atoms with E-state index in [1.165, 1.54) is 25.3 Å². The van der Waals surface area contributed by atoms with Gasteiger partial charge in [0.15, 0.2) is 5.78 Å². The van der Waals surface area contributed by atoms with E-state index in [1.54, 1.807) is 0 Å². The van der Waals surface area contributed by atoms with Crippen molar-refractivity contribution in [2.45, 2.75) is 19.4 Å². The first-order chi connectivity index (χ1) is 8.35. The number of halogens is 4. The van der Waals surface area contributed by atoms with Gasteiger partial charge in [0.25, 0.3) is 0 Å². The number of hydrogen-bond acceptors (Lipinski definition) is 2. The van der Waals surface area contributed by atoms with Crippen molar-refractivity contribution in [3.63, 3.8) is 0 Å². The summed E-state index contributed by atoms with van der Waals surface area (Å²) in [6.45, 7) is 1.17. The van der Waals surface area contributed by atoms with Gasteiger partial charge in [-0.15, -0.1) is 0 Å². The predicted molar refractivity (Wildman–Crippen MR) is 55.9 cm³/mol. The molecular formula is C11H8F4N2O. The molecule has 2 aromatic heterocycles. The van der Waals surface area contributed by atoms with E-state index < -0.39 is 18.3 Å². The largest absolute Gasteiger partial charge is 0.390 e. The number of hydrogen-bond donors (Lipinski definition) is 0. The third-order valence-electron chi connectivity index (χ3n) is 2.53. The van der Waals surface area contributed by atoms with Crippen molar-refractivity contribution in [3.8, 4) is 0 Å². The molecule has 0 saturated heterocycles. The highest BCUT2D eigenvalue weighted by Gasteiger charge is 2.44. The Kier molecular flexibility index (Phi) is 2.84. The monoisotopic (exact) mass is 260 g/mol. The number of pyridine rings is 1. The molecule has 3 nitrogen and oxygen atoms in total. The summed E-state index contributed by atoms with van der Waals surface area (Å²) in [4.78, 5) is 14.9. The summed E-state index contributed by atoms with van der Waals surface area (Å²) in [6, 6.07) is -1.57. The Morgan fingerprint density at radius 2 is 2.11 bits per heavy atom. The molecule has 2 rings (SSSR count). The molecule has 0 bridgehead atoms. The lowest BCUT2D eigenvalue weighted by atomic mass is 10.2. The molecule has 0 fully saturated rings. The summed E-state index contributed by atoms with van der Waals surface area (Å²) in [5.74, 6) is -0.489. The van der Waals surface area contributed by atoms with Crippen LogP contribution in [-0.2, 0) is 6.05 Å². The molecule has 18 heavy (non-hydrogen) atoms. The number of carbonyl (C=O) groups excluding carboxylic acids is 1. The number of Topliss-reactive ketones (excluding diaryl/α,β-unsaturated/α-hetero) is 1. The molecule has 0 radical (unpaired) electrons. The van der Waals surface area contributed by atoms with Crippen LogP contribution < -0.4 is 0 Å². The van der Waals surface area contributed by atoms with E-state index in [1.807, 2.05) is 0 Å². The van der Waals surface area contributed by atoms with Crippen LogP contribution in [0.2, 0.25) is 0 Å². The normalized spacial score (nSPS) is 12.3. The molecule has 2 aromatic rings. The molecule has 0 amide bonds. The standard InChI is InChI=1S/C11H8F4N2O/c1-6(18)8-5-17(11(14,15)10(12)13)9-7(8)3-2-4-16-9/h2-5,10H,1H3. The smallest absolute Gasteiger partial charge is 0.294 e. The van der Waals surface area contributed by atoms with Crippen LogP contribution in [0.4, 0.5) is 17.6 Å². The maximum atomic E-state index is 13.3. The van der Waals surface area contributed by atoms with Gasteiger partial charge in [-0.2, -0.15) is 8.78 Å². The second-order valence-corrected chi connectivity index (χ2v) is 3.73. The molecule has 0 aliphatic heterocycles. The van der Waals surface area contributed by atoms with E-state index in [2.05, 4.69) is 4.98 Å². The molecule has 0 N–H and O–H groups in total. The summed E-state index contributed by atoms with van der Waals surface area (Å²) in [5.41, 5.74) is -0.397. The maximum Gasteiger partial charge on any atom is 0.390 e. The van der Waals surface area contributed by atoms with E-state index in [0.29, 0.717) is 6.20 Å². The molecule has 0 spiro atoms. The minimum atomic E-state index is -4.40. The van der Waals surface area contributed by atoms with Crippen LogP contribution in [0.25, 0.3) is 11.0 Å². The van der Waals surface area contributed by atoms with Crippen molar-refractivity contribution in [2.24, 2.45) is 0 Å². The minimum absolute atomic E-state index is 0.0454. The number of nitrogens with zero attached hydrogens (tertiary/aromatic N) is 2. The zero-order valence-corrected chi connectivity index (χ0v) is 9.20.